The molecule has 0 aromatic heterocycles. The number of ether oxygens (including phenoxy) is 2. The number of sulfone groups is 1. The number of carbonyl (C=O) groups is 1. The highest BCUT2D eigenvalue weighted by molar-refractivity contribution is 9.10. The Morgan fingerprint density at radius 1 is 1.00 bits per heavy atom. The number of rotatable bonds is 15. The Balaban J connectivity index is 1.47. The minimum Gasteiger partial charge on any atom is -0.494 e. The maximum Gasteiger partial charge on any atom is 0.266 e. The number of carbonyl (C=O) groups excluding carboxylic acids is 1. The molecule has 1 aliphatic rings. The lowest BCUT2D eigenvalue weighted by molar-refractivity contribution is -0.130. The number of halogens is 3. The van der Waals surface area contributed by atoms with Gasteiger partial charge < -0.3 is 14.6 Å². The van der Waals surface area contributed by atoms with Gasteiger partial charge in [0.2, 0.25) is 5.90 Å². The highest BCUT2D eigenvalue weighted by Crippen LogP contribution is 2.43. The zero-order valence-corrected chi connectivity index (χ0v) is 29.7. The highest BCUT2D eigenvalue weighted by atomic mass is 79.9. The molecule has 252 valence electrons. The van der Waals surface area contributed by atoms with E-state index in [2.05, 4.69) is 26.8 Å². The van der Waals surface area contributed by atoms with Crippen molar-refractivity contribution in [3.63, 3.8) is 0 Å². The molecule has 0 saturated heterocycles. The first-order valence-corrected chi connectivity index (χ1v) is 18.4. The lowest BCUT2D eigenvalue weighted by atomic mass is 9.85. The molecule has 1 amide bonds. The topological polar surface area (TPSA) is 126 Å². The van der Waals surface area contributed by atoms with Gasteiger partial charge in [0.15, 0.2) is 21.5 Å². The summed E-state index contributed by atoms with van der Waals surface area (Å²) >= 11 is 15.8. The van der Waals surface area contributed by atoms with Crippen LogP contribution in [-0.4, -0.2) is 56.4 Å². The zero-order valence-electron chi connectivity index (χ0n) is 25.7. The van der Waals surface area contributed by atoms with E-state index < -0.39 is 27.4 Å². The van der Waals surface area contributed by atoms with E-state index in [-0.39, 0.29) is 29.6 Å². The van der Waals surface area contributed by atoms with Gasteiger partial charge in [0, 0.05) is 46.1 Å². The van der Waals surface area contributed by atoms with Crippen LogP contribution in [0.3, 0.4) is 0 Å². The Morgan fingerprint density at radius 3 is 2.42 bits per heavy atom. The first-order chi connectivity index (χ1) is 23.1. The van der Waals surface area contributed by atoms with E-state index in [0.29, 0.717) is 52.9 Å². The number of aliphatic hydroxyl groups is 1. The summed E-state index contributed by atoms with van der Waals surface area (Å²) in [5.74, 6) is -0.140. The predicted octanol–water partition coefficient (Wildman–Crippen LogP) is 6.50. The van der Waals surface area contributed by atoms with Gasteiger partial charge in [0.1, 0.15) is 5.75 Å². The maximum absolute atomic E-state index is 14.3. The van der Waals surface area contributed by atoms with Crippen molar-refractivity contribution in [3.8, 4) is 5.75 Å². The molecule has 0 fully saturated rings. The van der Waals surface area contributed by atoms with Gasteiger partial charge in [-0.25, -0.2) is 18.8 Å². The molecule has 1 aliphatic heterocycles. The van der Waals surface area contributed by atoms with E-state index in [1.807, 2.05) is 30.3 Å². The molecule has 3 N–H and O–H groups in total. The van der Waals surface area contributed by atoms with Crippen molar-refractivity contribution in [2.75, 3.05) is 25.5 Å². The van der Waals surface area contributed by atoms with Crippen molar-refractivity contribution in [1.82, 2.24) is 10.9 Å². The molecular formula is C35H34BrCl2N3O6S. The van der Waals surface area contributed by atoms with Crippen molar-refractivity contribution < 1.29 is 27.8 Å². The van der Waals surface area contributed by atoms with E-state index >= 15 is 0 Å². The average Bonchev–Trinajstić information content (AvgIpc) is 3.48. The van der Waals surface area contributed by atoms with Crippen LogP contribution in [0.4, 0.5) is 0 Å². The fourth-order valence-corrected chi connectivity index (χ4v) is 7.37. The SMILES string of the molecule is O=C(NNCCc1ccc(Cl)cc1Cl)[C@@]1(CCS(=O)(=O)c2ccccc2)N=C(c2ccc(OCCCO)cc2)O[C@H]1c1ccc(Br)cc1. The van der Waals surface area contributed by atoms with Gasteiger partial charge >= 0.3 is 0 Å². The molecule has 1 heterocycles. The molecule has 4 aromatic carbocycles. The molecule has 13 heteroatoms. The number of aliphatic hydroxyl groups excluding tert-OH is 1. The minimum atomic E-state index is -3.79. The van der Waals surface area contributed by atoms with E-state index in [1.165, 1.54) is 12.1 Å². The molecule has 0 saturated carbocycles. The molecule has 4 aromatic rings. The predicted molar refractivity (Wildman–Crippen MR) is 190 cm³/mol. The molecule has 0 bridgehead atoms. The van der Waals surface area contributed by atoms with Crippen LogP contribution in [0.15, 0.2) is 111 Å². The minimum absolute atomic E-state index is 0.0219. The van der Waals surface area contributed by atoms with Crippen LogP contribution in [0.2, 0.25) is 10.0 Å². The average molecular weight is 776 g/mol. The Kier molecular flexibility index (Phi) is 12.2. The molecule has 5 rings (SSSR count). The largest absolute Gasteiger partial charge is 0.494 e. The van der Waals surface area contributed by atoms with E-state index in [0.717, 1.165) is 10.0 Å². The molecule has 0 radical (unpaired) electrons. The Labute approximate surface area is 298 Å². The van der Waals surface area contributed by atoms with Gasteiger partial charge in [-0.1, -0.05) is 75.5 Å². The third kappa shape index (κ3) is 8.76. The van der Waals surface area contributed by atoms with Crippen LogP contribution in [-0.2, 0) is 25.8 Å². The number of aliphatic imine (C=N–C) groups is 1. The number of nitrogens with zero attached hydrogens (tertiary/aromatic N) is 1. The summed E-state index contributed by atoms with van der Waals surface area (Å²) in [5, 5.41) is 10.1. The summed E-state index contributed by atoms with van der Waals surface area (Å²) < 4.78 is 40.0. The normalized spacial score (nSPS) is 17.4. The van der Waals surface area contributed by atoms with Crippen molar-refractivity contribution in [1.29, 1.82) is 0 Å². The van der Waals surface area contributed by atoms with Gasteiger partial charge in [0.05, 0.1) is 17.3 Å². The molecular weight excluding hydrogens is 741 g/mol. The fraction of sp³-hybridized carbons (Fsp3) is 0.257. The maximum atomic E-state index is 14.3. The van der Waals surface area contributed by atoms with Crippen molar-refractivity contribution in [2.24, 2.45) is 4.99 Å². The van der Waals surface area contributed by atoms with Crippen molar-refractivity contribution in [2.45, 2.75) is 35.8 Å². The lowest BCUT2D eigenvalue weighted by Gasteiger charge is -2.30. The van der Waals surface area contributed by atoms with Gasteiger partial charge in [0.25, 0.3) is 5.91 Å². The number of benzene rings is 4. The number of hydrazine groups is 1. The van der Waals surface area contributed by atoms with Crippen molar-refractivity contribution in [3.05, 3.63) is 128 Å². The van der Waals surface area contributed by atoms with Gasteiger partial charge in [-0.3, -0.25) is 10.2 Å². The van der Waals surface area contributed by atoms with Crippen LogP contribution in [0, 0.1) is 0 Å². The summed E-state index contributed by atoms with van der Waals surface area (Å²) in [6, 6.07) is 27.6. The number of hydrogen-bond donors (Lipinski definition) is 3. The first-order valence-electron chi connectivity index (χ1n) is 15.2. The molecule has 0 aliphatic carbocycles. The summed E-state index contributed by atoms with van der Waals surface area (Å²) in [7, 11) is -3.79. The van der Waals surface area contributed by atoms with E-state index in [9.17, 15) is 13.2 Å². The fourth-order valence-electron chi connectivity index (χ4n) is 5.22. The second-order valence-corrected chi connectivity index (χ2v) is 15.0. The summed E-state index contributed by atoms with van der Waals surface area (Å²) in [6.45, 7) is 0.701. The van der Waals surface area contributed by atoms with E-state index in [4.69, 9.17) is 42.8 Å². The second-order valence-electron chi connectivity index (χ2n) is 11.1. The number of amides is 1. The molecule has 0 unspecified atom stereocenters. The smallest absolute Gasteiger partial charge is 0.266 e. The van der Waals surface area contributed by atoms with Gasteiger partial charge in [-0.2, -0.15) is 0 Å². The molecule has 2 atom stereocenters. The monoisotopic (exact) mass is 773 g/mol. The van der Waals surface area contributed by atoms with Gasteiger partial charge in [-0.15, -0.1) is 0 Å². The lowest BCUT2D eigenvalue weighted by Crippen LogP contribution is -2.53. The quantitative estimate of drug-likeness (QED) is 0.0930. The third-order valence-corrected chi connectivity index (χ3v) is 10.6. The zero-order chi connectivity index (χ0) is 34.1. The third-order valence-electron chi connectivity index (χ3n) is 7.79. The Bertz CT molecular complexity index is 1840. The Morgan fingerprint density at radius 2 is 1.73 bits per heavy atom. The number of nitrogens with one attached hydrogen (secondary N) is 2. The van der Waals surface area contributed by atoms with Crippen LogP contribution < -0.4 is 15.6 Å². The standard InChI is InChI=1S/C35H34BrCl2N3O6S/c36-27-12-7-25(8-13-27)32-35(18-22-48(44,45)30-5-2-1-3-6-30,34(43)41-39-19-17-24-9-14-28(37)23-31(24)38)40-33(47-32)26-10-15-29(16-11-26)46-21-4-20-42/h1-3,5-16,23,32,39,42H,4,17-22H2,(H,41,43)/t32-,35-/m0/s1. The van der Waals surface area contributed by atoms with Crippen LogP contribution in [0.5, 0.6) is 5.75 Å². The summed E-state index contributed by atoms with van der Waals surface area (Å²) in [4.78, 5) is 19.4. The second kappa shape index (κ2) is 16.3. The first kappa shape index (κ1) is 35.8. The highest BCUT2D eigenvalue weighted by Gasteiger charge is 2.53. The molecule has 9 nitrogen and oxygen atoms in total. The van der Waals surface area contributed by atoms with Crippen LogP contribution in [0.1, 0.15) is 35.6 Å². The van der Waals surface area contributed by atoms with Crippen LogP contribution in [0.25, 0.3) is 0 Å². The molecule has 0 spiro atoms. The molecule has 48 heavy (non-hydrogen) atoms. The summed E-state index contributed by atoms with van der Waals surface area (Å²) in [6.07, 6.45) is -0.150. The van der Waals surface area contributed by atoms with Crippen molar-refractivity contribution >= 4 is 60.8 Å². The number of hydrogen-bond acceptors (Lipinski definition) is 8. The van der Waals surface area contributed by atoms with Crippen LogP contribution >= 0.6 is 39.1 Å². The summed E-state index contributed by atoms with van der Waals surface area (Å²) in [5.41, 5.74) is 6.13. The Hall–Kier alpha value is -3.45. The van der Waals surface area contributed by atoms with Gasteiger partial charge in [-0.05, 0) is 78.2 Å². The van der Waals surface area contributed by atoms with E-state index in [1.54, 1.807) is 54.6 Å².